The maximum Gasteiger partial charge on any atom is 0.342 e. The van der Waals surface area contributed by atoms with Gasteiger partial charge in [0.05, 0.1) is 24.6 Å². The Morgan fingerprint density at radius 2 is 2.08 bits per heavy atom. The minimum atomic E-state index is -0.919. The summed E-state index contributed by atoms with van der Waals surface area (Å²) in [5.74, 6) is 1.07. The van der Waals surface area contributed by atoms with E-state index in [2.05, 4.69) is 10.4 Å². The normalized spacial score (nSPS) is 20.7. The molecule has 0 unspecified atom stereocenters. The van der Waals surface area contributed by atoms with E-state index in [1.807, 2.05) is 0 Å². The number of nitrogens with zero attached hydrogens (tertiary/aromatic N) is 3. The van der Waals surface area contributed by atoms with Crippen LogP contribution in [0.3, 0.4) is 0 Å². The van der Waals surface area contributed by atoms with Crippen LogP contribution in [0.5, 0.6) is 11.5 Å². The van der Waals surface area contributed by atoms with Crippen molar-refractivity contribution in [3.63, 3.8) is 0 Å². The van der Waals surface area contributed by atoms with Crippen molar-refractivity contribution in [1.29, 1.82) is 0 Å². The second kappa shape index (κ2) is 11.2. The molecule has 1 aromatic heterocycles. The van der Waals surface area contributed by atoms with Gasteiger partial charge in [-0.25, -0.2) is 9.18 Å². The van der Waals surface area contributed by atoms with Gasteiger partial charge < -0.3 is 24.8 Å². The largest absolute Gasteiger partial charge is 0.494 e. The SMILES string of the molecule is CN1C(=O)[C@@H](NC(=O)n2cc(Cc3cccc(F)c3)cn2)COc2ccc(OCCCC3CC(O)C3)cc21. The van der Waals surface area contributed by atoms with Crippen LogP contribution in [0, 0.1) is 11.7 Å². The van der Waals surface area contributed by atoms with Gasteiger partial charge in [-0.1, -0.05) is 12.1 Å². The van der Waals surface area contributed by atoms with Gasteiger partial charge in [-0.2, -0.15) is 9.78 Å². The summed E-state index contributed by atoms with van der Waals surface area (Å²) in [6, 6.07) is 10.1. The number of ether oxygens (including phenoxy) is 2. The summed E-state index contributed by atoms with van der Waals surface area (Å²) < 4.78 is 26.3. The van der Waals surface area contributed by atoms with Crippen LogP contribution in [0.15, 0.2) is 54.9 Å². The molecule has 0 saturated heterocycles. The molecule has 0 bridgehead atoms. The topological polar surface area (TPSA) is 106 Å². The van der Waals surface area contributed by atoms with E-state index in [4.69, 9.17) is 9.47 Å². The van der Waals surface area contributed by atoms with Crippen molar-refractivity contribution in [2.75, 3.05) is 25.2 Å². The summed E-state index contributed by atoms with van der Waals surface area (Å²) >= 11 is 0. The first-order valence-corrected chi connectivity index (χ1v) is 12.8. The molecule has 2 aliphatic rings. The van der Waals surface area contributed by atoms with Gasteiger partial charge in [0.25, 0.3) is 5.91 Å². The maximum atomic E-state index is 13.5. The number of carbonyl (C=O) groups excluding carboxylic acids is 2. The first kappa shape index (κ1) is 25.7. The summed E-state index contributed by atoms with van der Waals surface area (Å²) in [5.41, 5.74) is 2.05. The van der Waals surface area contributed by atoms with Crippen molar-refractivity contribution in [3.8, 4) is 11.5 Å². The second-order valence-electron chi connectivity index (χ2n) is 9.92. The van der Waals surface area contributed by atoms with Crippen LogP contribution in [0.25, 0.3) is 0 Å². The van der Waals surface area contributed by atoms with Gasteiger partial charge in [0, 0.05) is 25.7 Å². The fourth-order valence-electron chi connectivity index (χ4n) is 4.83. The number of nitrogens with one attached hydrogen (secondary N) is 1. The van der Waals surface area contributed by atoms with Crippen LogP contribution >= 0.6 is 0 Å². The first-order chi connectivity index (χ1) is 18.4. The standard InChI is InChI=1S/C28H31FN4O5/c1-32-25-14-23(37-9-3-5-19-12-22(34)13-19)7-8-26(25)38-17-24(27(32)35)31-28(36)33-16-20(15-30-33)10-18-4-2-6-21(29)11-18/h2,4,6-8,11,14-16,19,22,24,34H,3,5,9-10,12-13,17H2,1H3,(H,31,36)/t19?,22?,24-/m0/s1. The molecule has 2 heterocycles. The van der Waals surface area contributed by atoms with Crippen LogP contribution in [-0.2, 0) is 11.2 Å². The fraction of sp³-hybridized carbons (Fsp3) is 0.393. The molecule has 1 aliphatic carbocycles. The molecular formula is C28H31FN4O5. The lowest BCUT2D eigenvalue weighted by Crippen LogP contribution is -2.50. The quantitative estimate of drug-likeness (QED) is 0.439. The van der Waals surface area contributed by atoms with E-state index in [-0.39, 0.29) is 24.4 Å². The van der Waals surface area contributed by atoms with Crippen molar-refractivity contribution >= 4 is 17.6 Å². The van der Waals surface area contributed by atoms with Crippen molar-refractivity contribution < 1.29 is 28.6 Å². The van der Waals surface area contributed by atoms with E-state index in [9.17, 15) is 19.1 Å². The molecule has 2 aromatic carbocycles. The van der Waals surface area contributed by atoms with Gasteiger partial charge in [-0.15, -0.1) is 0 Å². The molecule has 0 radical (unpaired) electrons. The first-order valence-electron chi connectivity index (χ1n) is 12.8. The van der Waals surface area contributed by atoms with Gasteiger partial charge in [0.2, 0.25) is 0 Å². The highest BCUT2D eigenvalue weighted by molar-refractivity contribution is 6.00. The average Bonchev–Trinajstić information content (AvgIpc) is 3.31. The van der Waals surface area contributed by atoms with Crippen LogP contribution in [0.4, 0.5) is 14.9 Å². The van der Waals surface area contributed by atoms with Crippen LogP contribution in [0.2, 0.25) is 0 Å². The zero-order valence-corrected chi connectivity index (χ0v) is 21.2. The average molecular weight is 523 g/mol. The number of amides is 2. The summed E-state index contributed by atoms with van der Waals surface area (Å²) in [5, 5.41) is 16.2. The molecule has 9 nitrogen and oxygen atoms in total. The third-order valence-electron chi connectivity index (χ3n) is 7.00. The van der Waals surface area contributed by atoms with Crippen molar-refractivity contribution in [2.45, 2.75) is 44.2 Å². The van der Waals surface area contributed by atoms with Crippen molar-refractivity contribution in [1.82, 2.24) is 15.1 Å². The second-order valence-corrected chi connectivity index (χ2v) is 9.92. The van der Waals surface area contributed by atoms with Gasteiger partial charge in [0.15, 0.2) is 0 Å². The fourth-order valence-corrected chi connectivity index (χ4v) is 4.83. The Labute approximate surface area is 220 Å². The number of hydrogen-bond acceptors (Lipinski definition) is 6. The summed E-state index contributed by atoms with van der Waals surface area (Å²) in [4.78, 5) is 27.5. The highest BCUT2D eigenvalue weighted by Crippen LogP contribution is 2.35. The van der Waals surface area contributed by atoms with E-state index in [1.165, 1.54) is 23.2 Å². The number of carbonyl (C=O) groups is 2. The van der Waals surface area contributed by atoms with E-state index in [0.717, 1.165) is 41.5 Å². The molecule has 38 heavy (non-hydrogen) atoms. The molecule has 5 rings (SSSR count). The molecule has 2 amide bonds. The van der Waals surface area contributed by atoms with E-state index in [0.29, 0.717) is 36.1 Å². The molecule has 1 fully saturated rings. The predicted octanol–water partition coefficient (Wildman–Crippen LogP) is 3.52. The molecule has 200 valence electrons. The van der Waals surface area contributed by atoms with Crippen LogP contribution in [0.1, 0.15) is 36.8 Å². The van der Waals surface area contributed by atoms with Crippen molar-refractivity contribution in [2.24, 2.45) is 5.92 Å². The number of rotatable bonds is 8. The van der Waals surface area contributed by atoms with Crippen molar-refractivity contribution in [3.05, 3.63) is 71.8 Å². The van der Waals surface area contributed by atoms with E-state index >= 15 is 0 Å². The number of fused-ring (bicyclic) bond motifs is 1. The molecule has 1 saturated carbocycles. The molecule has 10 heteroatoms. The molecular weight excluding hydrogens is 491 g/mol. The minimum absolute atomic E-state index is 0.0349. The number of hydrogen-bond donors (Lipinski definition) is 2. The lowest BCUT2D eigenvalue weighted by molar-refractivity contribution is -0.120. The maximum absolute atomic E-state index is 13.5. The van der Waals surface area contributed by atoms with Crippen LogP contribution in [-0.4, -0.2) is 59.2 Å². The lowest BCUT2D eigenvalue weighted by atomic mass is 9.79. The van der Waals surface area contributed by atoms with Gasteiger partial charge in [-0.3, -0.25) is 4.79 Å². The number of halogens is 1. The lowest BCUT2D eigenvalue weighted by Gasteiger charge is -2.31. The number of aromatic nitrogens is 2. The molecule has 1 atom stereocenters. The zero-order valence-electron chi connectivity index (χ0n) is 21.2. The third-order valence-corrected chi connectivity index (χ3v) is 7.00. The Hall–Kier alpha value is -3.92. The molecule has 3 aromatic rings. The highest BCUT2D eigenvalue weighted by Gasteiger charge is 2.31. The summed E-state index contributed by atoms with van der Waals surface area (Å²) in [6.45, 7) is 0.514. The number of benzene rings is 2. The number of anilines is 1. The third kappa shape index (κ3) is 5.96. The Morgan fingerprint density at radius 3 is 2.87 bits per heavy atom. The number of aliphatic hydroxyl groups is 1. The van der Waals surface area contributed by atoms with Crippen LogP contribution < -0.4 is 19.7 Å². The Bertz CT molecular complexity index is 1310. The summed E-state index contributed by atoms with van der Waals surface area (Å²) in [7, 11) is 1.63. The number of aliphatic hydroxyl groups excluding tert-OH is 1. The predicted molar refractivity (Wildman–Crippen MR) is 138 cm³/mol. The Balaban J connectivity index is 1.17. The Kier molecular flexibility index (Phi) is 7.59. The minimum Gasteiger partial charge on any atom is -0.494 e. The van der Waals surface area contributed by atoms with Gasteiger partial charge in [0.1, 0.15) is 30.0 Å². The van der Waals surface area contributed by atoms with E-state index in [1.54, 1.807) is 43.6 Å². The van der Waals surface area contributed by atoms with Gasteiger partial charge >= 0.3 is 6.03 Å². The zero-order chi connectivity index (χ0) is 26.6. The number of likely N-dealkylation sites (N-methyl/N-ethyl adjacent to an activating group) is 1. The molecule has 1 aliphatic heterocycles. The van der Waals surface area contributed by atoms with Gasteiger partial charge in [-0.05, 0) is 67.0 Å². The highest BCUT2D eigenvalue weighted by atomic mass is 19.1. The van der Waals surface area contributed by atoms with E-state index < -0.39 is 12.1 Å². The summed E-state index contributed by atoms with van der Waals surface area (Å²) in [6.07, 6.45) is 7.03. The molecule has 2 N–H and O–H groups in total. The smallest absolute Gasteiger partial charge is 0.342 e. The molecule has 0 spiro atoms. The monoisotopic (exact) mass is 522 g/mol. The Morgan fingerprint density at radius 1 is 1.24 bits per heavy atom.